The summed E-state index contributed by atoms with van der Waals surface area (Å²) in [6.45, 7) is 0. The van der Waals surface area contributed by atoms with E-state index in [-0.39, 0.29) is 16.9 Å². The van der Waals surface area contributed by atoms with Gasteiger partial charge in [0.2, 0.25) is 0 Å². The van der Waals surface area contributed by atoms with E-state index in [1.807, 2.05) is 0 Å². The number of benzene rings is 1. The van der Waals surface area contributed by atoms with Crippen LogP contribution in [0, 0.1) is 5.82 Å². The van der Waals surface area contributed by atoms with Crippen molar-refractivity contribution in [3.8, 4) is 5.75 Å². The number of fused-ring (bicyclic) bond motifs is 1. The number of nitrogens with zero attached hydrogens (tertiary/aromatic N) is 2. The summed E-state index contributed by atoms with van der Waals surface area (Å²) in [6.07, 6.45) is 2.54. The van der Waals surface area contributed by atoms with Gasteiger partial charge in [0.05, 0.1) is 0 Å². The van der Waals surface area contributed by atoms with Gasteiger partial charge in [-0.25, -0.2) is 14.2 Å². The fourth-order valence-electron chi connectivity index (χ4n) is 2.05. The van der Waals surface area contributed by atoms with Gasteiger partial charge in [-0.15, -0.1) is 0 Å². The molecule has 0 fully saturated rings. The highest BCUT2D eigenvalue weighted by Crippen LogP contribution is 2.22. The van der Waals surface area contributed by atoms with Gasteiger partial charge in [-0.1, -0.05) is 0 Å². The molecule has 0 unspecified atom stereocenters. The van der Waals surface area contributed by atoms with E-state index < -0.39 is 23.4 Å². The molecule has 1 amide bonds. The number of amides is 1. The molecule has 2 heterocycles. The molecule has 1 aromatic carbocycles. The fraction of sp³-hybridized carbons (Fsp3) is 0. The molecule has 0 radical (unpaired) electrons. The predicted molar refractivity (Wildman–Crippen MR) is 78.2 cm³/mol. The van der Waals surface area contributed by atoms with Gasteiger partial charge in [0.25, 0.3) is 5.91 Å². The maximum atomic E-state index is 13.1. The van der Waals surface area contributed by atoms with E-state index in [1.165, 1.54) is 35.0 Å². The number of pyridine rings is 1. The second-order valence-electron chi connectivity index (χ2n) is 4.73. The third kappa shape index (κ3) is 2.82. The predicted octanol–water partition coefficient (Wildman–Crippen LogP) is 2.13. The molecule has 0 atom stereocenters. The van der Waals surface area contributed by atoms with E-state index in [4.69, 9.17) is 5.11 Å². The van der Waals surface area contributed by atoms with Gasteiger partial charge in [-0.05, 0) is 30.3 Å². The van der Waals surface area contributed by atoms with Crippen molar-refractivity contribution in [3.63, 3.8) is 0 Å². The second kappa shape index (κ2) is 5.41. The number of phenols is 1. The van der Waals surface area contributed by atoms with Crippen molar-refractivity contribution in [1.82, 2.24) is 9.38 Å². The molecule has 0 aliphatic heterocycles. The molecular weight excluding hydrogens is 305 g/mol. The third-order valence-electron chi connectivity index (χ3n) is 3.13. The molecule has 0 spiro atoms. The van der Waals surface area contributed by atoms with Crippen LogP contribution in [0.1, 0.15) is 20.8 Å². The van der Waals surface area contributed by atoms with Crippen LogP contribution in [0.5, 0.6) is 5.75 Å². The molecule has 3 rings (SSSR count). The van der Waals surface area contributed by atoms with E-state index in [0.29, 0.717) is 5.65 Å². The molecule has 0 bridgehead atoms. The zero-order valence-corrected chi connectivity index (χ0v) is 11.5. The van der Waals surface area contributed by atoms with Crippen LogP contribution in [0.15, 0.2) is 42.7 Å². The van der Waals surface area contributed by atoms with Gasteiger partial charge in [0.15, 0.2) is 0 Å². The van der Waals surface area contributed by atoms with Crippen LogP contribution in [0.3, 0.4) is 0 Å². The minimum absolute atomic E-state index is 0.0422. The summed E-state index contributed by atoms with van der Waals surface area (Å²) in [6, 6.07) is 6.30. The lowest BCUT2D eigenvalue weighted by atomic mass is 10.2. The van der Waals surface area contributed by atoms with Gasteiger partial charge < -0.3 is 19.9 Å². The molecule has 8 heteroatoms. The number of aromatic nitrogens is 2. The highest BCUT2D eigenvalue weighted by Gasteiger charge is 2.14. The number of halogens is 1. The van der Waals surface area contributed by atoms with E-state index in [0.717, 1.165) is 12.1 Å². The normalized spacial score (nSPS) is 10.7. The van der Waals surface area contributed by atoms with Crippen LogP contribution in [-0.2, 0) is 0 Å². The molecule has 0 aliphatic carbocycles. The highest BCUT2D eigenvalue weighted by molar-refractivity contribution is 6.04. The van der Waals surface area contributed by atoms with Gasteiger partial charge in [-0.3, -0.25) is 4.79 Å². The largest absolute Gasteiger partial charge is 0.507 e. The quantitative estimate of drug-likeness (QED) is 0.642. The second-order valence-corrected chi connectivity index (χ2v) is 4.73. The Labute approximate surface area is 128 Å². The molecule has 3 N–H and O–H groups in total. The number of carbonyl (C=O) groups excluding carboxylic acids is 1. The summed E-state index contributed by atoms with van der Waals surface area (Å²) in [7, 11) is 0. The first kappa shape index (κ1) is 14.5. The Hall–Kier alpha value is -3.42. The van der Waals surface area contributed by atoms with Crippen molar-refractivity contribution in [3.05, 3.63) is 59.8 Å². The van der Waals surface area contributed by atoms with Crippen LogP contribution in [0.2, 0.25) is 0 Å². The number of hydrogen-bond acceptors (Lipinski definition) is 4. The van der Waals surface area contributed by atoms with Crippen LogP contribution in [0.25, 0.3) is 5.65 Å². The van der Waals surface area contributed by atoms with Crippen molar-refractivity contribution in [2.45, 2.75) is 0 Å². The molecular formula is C15H10FN3O4. The number of carboxylic acids is 1. The molecule has 7 nitrogen and oxygen atoms in total. The number of carbonyl (C=O) groups is 2. The Kier molecular flexibility index (Phi) is 3.41. The van der Waals surface area contributed by atoms with E-state index in [9.17, 15) is 19.1 Å². The van der Waals surface area contributed by atoms with Gasteiger partial charge in [-0.2, -0.15) is 0 Å². The maximum absolute atomic E-state index is 13.1. The lowest BCUT2D eigenvalue weighted by Crippen LogP contribution is -2.12. The Morgan fingerprint density at radius 2 is 1.96 bits per heavy atom. The summed E-state index contributed by atoms with van der Waals surface area (Å²) in [5, 5.41) is 20.8. The van der Waals surface area contributed by atoms with E-state index in [1.54, 1.807) is 0 Å². The Morgan fingerprint density at radius 3 is 2.70 bits per heavy atom. The number of anilines is 1. The Bertz CT molecular complexity index is 936. The topological polar surface area (TPSA) is 104 Å². The number of rotatable bonds is 3. The highest BCUT2D eigenvalue weighted by atomic mass is 19.1. The van der Waals surface area contributed by atoms with E-state index in [2.05, 4.69) is 10.3 Å². The number of aromatic hydroxyl groups is 1. The molecule has 2 aromatic heterocycles. The van der Waals surface area contributed by atoms with Gasteiger partial charge in [0.1, 0.15) is 28.5 Å². The Morgan fingerprint density at radius 1 is 1.17 bits per heavy atom. The summed E-state index contributed by atoms with van der Waals surface area (Å²) >= 11 is 0. The van der Waals surface area contributed by atoms with Crippen LogP contribution >= 0.6 is 0 Å². The Balaban J connectivity index is 1.88. The summed E-state index contributed by atoms with van der Waals surface area (Å²) in [5.41, 5.74) is 0.294. The molecule has 0 aliphatic rings. The molecule has 0 saturated carbocycles. The van der Waals surface area contributed by atoms with Crippen LogP contribution in [0.4, 0.5) is 10.1 Å². The SMILES string of the molecule is O=C(Nc1ccc(O)c(C(=O)O)c1)c1cn2cc(F)ccc2n1. The average molecular weight is 315 g/mol. The minimum atomic E-state index is -1.32. The third-order valence-corrected chi connectivity index (χ3v) is 3.13. The van der Waals surface area contributed by atoms with Gasteiger partial charge in [0, 0.05) is 18.1 Å². The van der Waals surface area contributed by atoms with Gasteiger partial charge >= 0.3 is 5.97 Å². The van der Waals surface area contributed by atoms with Crippen molar-refractivity contribution >= 4 is 23.2 Å². The first-order chi connectivity index (χ1) is 10.9. The number of hydrogen-bond donors (Lipinski definition) is 3. The molecule has 116 valence electrons. The number of aromatic carboxylic acids is 1. The average Bonchev–Trinajstić information content (AvgIpc) is 2.92. The smallest absolute Gasteiger partial charge is 0.339 e. The zero-order valence-electron chi connectivity index (χ0n) is 11.5. The first-order valence-electron chi connectivity index (χ1n) is 6.46. The number of nitrogens with one attached hydrogen (secondary N) is 1. The monoisotopic (exact) mass is 315 g/mol. The van der Waals surface area contributed by atoms with Crippen LogP contribution < -0.4 is 5.32 Å². The lowest BCUT2D eigenvalue weighted by Gasteiger charge is -2.05. The molecule has 3 aromatic rings. The lowest BCUT2D eigenvalue weighted by molar-refractivity contribution is 0.0693. The van der Waals surface area contributed by atoms with Crippen LogP contribution in [-0.4, -0.2) is 31.5 Å². The van der Waals surface area contributed by atoms with Crippen molar-refractivity contribution in [2.75, 3.05) is 5.32 Å². The van der Waals surface area contributed by atoms with Crippen molar-refractivity contribution in [2.24, 2.45) is 0 Å². The maximum Gasteiger partial charge on any atom is 0.339 e. The van der Waals surface area contributed by atoms with Crippen molar-refractivity contribution in [1.29, 1.82) is 0 Å². The molecule has 0 saturated heterocycles. The standard InChI is InChI=1S/C15H10FN3O4/c16-8-1-4-13-18-11(7-19(13)6-8)14(21)17-9-2-3-12(20)10(5-9)15(22)23/h1-7,20H,(H,17,21)(H,22,23). The van der Waals surface area contributed by atoms with Crippen molar-refractivity contribution < 1.29 is 24.2 Å². The fourth-order valence-corrected chi connectivity index (χ4v) is 2.05. The summed E-state index contributed by atoms with van der Waals surface area (Å²) in [4.78, 5) is 27.1. The molecule has 23 heavy (non-hydrogen) atoms. The zero-order chi connectivity index (χ0) is 16.6. The summed E-state index contributed by atoms with van der Waals surface area (Å²) in [5.74, 6) is -2.77. The first-order valence-corrected chi connectivity index (χ1v) is 6.46. The van der Waals surface area contributed by atoms with E-state index >= 15 is 0 Å². The number of carboxylic acid groups (broad SMARTS) is 1. The summed E-state index contributed by atoms with van der Waals surface area (Å²) < 4.78 is 14.5. The number of imidazole rings is 1. The minimum Gasteiger partial charge on any atom is -0.507 e.